The first-order valence-corrected chi connectivity index (χ1v) is 10.2. The van der Waals surface area contributed by atoms with E-state index < -0.39 is 5.60 Å². The van der Waals surface area contributed by atoms with E-state index in [2.05, 4.69) is 21.9 Å². The van der Waals surface area contributed by atoms with Crippen LogP contribution in [0.5, 0.6) is 0 Å². The summed E-state index contributed by atoms with van der Waals surface area (Å²) in [5.74, 6) is 0.921. The van der Waals surface area contributed by atoms with E-state index in [0.29, 0.717) is 23.3 Å². The smallest absolute Gasteiger partial charge is 0.275 e. The second-order valence-electron chi connectivity index (χ2n) is 7.54. The van der Waals surface area contributed by atoms with Gasteiger partial charge in [0.15, 0.2) is 0 Å². The van der Waals surface area contributed by atoms with Crippen molar-refractivity contribution in [3.8, 4) is 0 Å². The van der Waals surface area contributed by atoms with Crippen LogP contribution in [-0.4, -0.2) is 43.3 Å². The van der Waals surface area contributed by atoms with Gasteiger partial charge in [-0.25, -0.2) is 4.98 Å². The Bertz CT molecular complexity index is 832. The summed E-state index contributed by atoms with van der Waals surface area (Å²) in [4.78, 5) is 20.0. The highest BCUT2D eigenvalue weighted by Gasteiger charge is 2.47. The molecule has 2 aromatic rings. The second-order valence-corrected chi connectivity index (χ2v) is 8.58. The number of hydrogen-bond donors (Lipinski definition) is 1. The van der Waals surface area contributed by atoms with Gasteiger partial charge in [-0.15, -0.1) is 0 Å². The molecule has 6 nitrogen and oxygen atoms in total. The monoisotopic (exact) mass is 362 g/mol. The summed E-state index contributed by atoms with van der Waals surface area (Å²) in [6.45, 7) is 6.70. The van der Waals surface area contributed by atoms with Crippen LogP contribution in [0, 0.1) is 11.8 Å². The molecule has 2 aliphatic rings. The van der Waals surface area contributed by atoms with Gasteiger partial charge in [0.25, 0.3) is 5.56 Å². The Morgan fingerprint density at radius 3 is 3.00 bits per heavy atom. The lowest BCUT2D eigenvalue weighted by molar-refractivity contribution is -0.0613. The minimum atomic E-state index is -0.512. The zero-order valence-corrected chi connectivity index (χ0v) is 15.8. The highest BCUT2D eigenvalue weighted by molar-refractivity contribution is 7.16. The van der Waals surface area contributed by atoms with Gasteiger partial charge in [-0.05, 0) is 31.6 Å². The summed E-state index contributed by atoms with van der Waals surface area (Å²) < 4.78 is 1.41. The number of rotatable bonds is 4. The Kier molecular flexibility index (Phi) is 4.42. The quantitative estimate of drug-likeness (QED) is 0.902. The standard InChI is InChI=1S/C18H26N4O2S/c1-3-15-20-22-16(23)8-13(19-17(22)25-15)10-21-9-12-6-5-7-18(24,4-2)14(12)11-21/h8,12,14,24H,3-7,9-11H2,1-2H3/t12-,14+,18-/m0/s1. The minimum absolute atomic E-state index is 0.0994. The van der Waals surface area contributed by atoms with Crippen molar-refractivity contribution in [1.82, 2.24) is 19.5 Å². The molecule has 0 amide bonds. The molecule has 7 heteroatoms. The predicted octanol–water partition coefficient (Wildman–Crippen LogP) is 2.09. The molecule has 0 aromatic carbocycles. The third kappa shape index (κ3) is 3.02. The fourth-order valence-electron chi connectivity index (χ4n) is 4.63. The highest BCUT2D eigenvalue weighted by Crippen LogP contribution is 2.44. The maximum Gasteiger partial charge on any atom is 0.275 e. The molecule has 4 rings (SSSR count). The van der Waals surface area contributed by atoms with Crippen molar-refractivity contribution in [2.75, 3.05) is 13.1 Å². The van der Waals surface area contributed by atoms with E-state index >= 15 is 0 Å². The van der Waals surface area contributed by atoms with E-state index in [1.807, 2.05) is 6.92 Å². The molecule has 0 radical (unpaired) electrons. The number of likely N-dealkylation sites (tertiary alicyclic amines) is 1. The lowest BCUT2D eigenvalue weighted by Gasteiger charge is -2.40. The van der Waals surface area contributed by atoms with E-state index in [0.717, 1.165) is 49.5 Å². The molecule has 0 spiro atoms. The first-order valence-electron chi connectivity index (χ1n) is 9.36. The van der Waals surface area contributed by atoms with Gasteiger partial charge in [0.1, 0.15) is 5.01 Å². The van der Waals surface area contributed by atoms with Crippen LogP contribution < -0.4 is 5.56 Å². The topological polar surface area (TPSA) is 70.7 Å². The van der Waals surface area contributed by atoms with Crippen molar-refractivity contribution < 1.29 is 5.11 Å². The predicted molar refractivity (Wildman–Crippen MR) is 97.9 cm³/mol. The summed E-state index contributed by atoms with van der Waals surface area (Å²) in [7, 11) is 0. The van der Waals surface area contributed by atoms with Gasteiger partial charge < -0.3 is 5.11 Å². The number of aromatic nitrogens is 3. The van der Waals surface area contributed by atoms with Crippen LogP contribution >= 0.6 is 11.3 Å². The summed E-state index contributed by atoms with van der Waals surface area (Å²) in [5, 5.41) is 16.2. The molecule has 25 heavy (non-hydrogen) atoms. The molecule has 1 saturated heterocycles. The molecule has 3 atom stereocenters. The summed E-state index contributed by atoms with van der Waals surface area (Å²) in [5.41, 5.74) is 0.204. The maximum atomic E-state index is 12.3. The summed E-state index contributed by atoms with van der Waals surface area (Å²) >= 11 is 1.49. The van der Waals surface area contributed by atoms with E-state index in [-0.39, 0.29) is 5.56 Å². The Balaban J connectivity index is 1.55. The summed E-state index contributed by atoms with van der Waals surface area (Å²) in [6, 6.07) is 1.61. The van der Waals surface area contributed by atoms with Crippen LogP contribution in [0.3, 0.4) is 0 Å². The zero-order valence-electron chi connectivity index (χ0n) is 14.9. The van der Waals surface area contributed by atoms with Crippen molar-refractivity contribution >= 4 is 16.3 Å². The van der Waals surface area contributed by atoms with Gasteiger partial charge in [0, 0.05) is 31.6 Å². The van der Waals surface area contributed by atoms with Gasteiger partial charge >= 0.3 is 0 Å². The fourth-order valence-corrected chi connectivity index (χ4v) is 5.49. The number of aryl methyl sites for hydroxylation is 1. The summed E-state index contributed by atoms with van der Waals surface area (Å²) in [6.07, 6.45) is 4.88. The maximum absolute atomic E-state index is 12.3. The molecule has 3 heterocycles. The molecule has 0 bridgehead atoms. The minimum Gasteiger partial charge on any atom is -0.390 e. The number of nitrogens with zero attached hydrogens (tertiary/aromatic N) is 4. The fraction of sp³-hybridized carbons (Fsp3) is 0.722. The second kappa shape index (κ2) is 6.45. The van der Waals surface area contributed by atoms with E-state index in [1.165, 1.54) is 22.3 Å². The zero-order chi connectivity index (χ0) is 17.6. The van der Waals surface area contributed by atoms with Crippen LogP contribution in [-0.2, 0) is 13.0 Å². The van der Waals surface area contributed by atoms with Gasteiger partial charge in [-0.1, -0.05) is 31.6 Å². The van der Waals surface area contributed by atoms with E-state index in [1.54, 1.807) is 6.07 Å². The third-order valence-corrected chi connectivity index (χ3v) is 7.08. The largest absolute Gasteiger partial charge is 0.390 e. The highest BCUT2D eigenvalue weighted by atomic mass is 32.1. The molecule has 2 fully saturated rings. The normalized spacial score (nSPS) is 30.0. The van der Waals surface area contributed by atoms with Crippen LogP contribution in [0.4, 0.5) is 0 Å². The molecule has 136 valence electrons. The molecule has 1 saturated carbocycles. The van der Waals surface area contributed by atoms with Gasteiger partial charge in [0.05, 0.1) is 11.3 Å². The van der Waals surface area contributed by atoms with Crippen molar-refractivity contribution in [2.24, 2.45) is 11.8 Å². The Morgan fingerprint density at radius 2 is 2.24 bits per heavy atom. The van der Waals surface area contributed by atoms with E-state index in [4.69, 9.17) is 0 Å². The van der Waals surface area contributed by atoms with Crippen LogP contribution in [0.15, 0.2) is 10.9 Å². The van der Waals surface area contributed by atoms with Crippen LogP contribution in [0.2, 0.25) is 0 Å². The first kappa shape index (κ1) is 17.1. The number of fused-ring (bicyclic) bond motifs is 2. The number of hydrogen-bond acceptors (Lipinski definition) is 6. The molecule has 1 aliphatic carbocycles. The van der Waals surface area contributed by atoms with Crippen molar-refractivity contribution in [3.63, 3.8) is 0 Å². The Labute approximate surface area is 151 Å². The lowest BCUT2D eigenvalue weighted by atomic mass is 9.69. The first-order chi connectivity index (χ1) is 12.0. The van der Waals surface area contributed by atoms with E-state index in [9.17, 15) is 9.90 Å². The average Bonchev–Trinajstić information content (AvgIpc) is 3.19. The Hall–Kier alpha value is -1.31. The lowest BCUT2D eigenvalue weighted by Crippen LogP contribution is -2.44. The molecular weight excluding hydrogens is 336 g/mol. The van der Waals surface area contributed by atoms with Gasteiger partial charge in [-0.3, -0.25) is 9.69 Å². The molecule has 0 unspecified atom stereocenters. The van der Waals surface area contributed by atoms with Crippen LogP contribution in [0.25, 0.3) is 4.96 Å². The van der Waals surface area contributed by atoms with Crippen molar-refractivity contribution in [3.05, 3.63) is 27.1 Å². The van der Waals surface area contributed by atoms with Crippen molar-refractivity contribution in [1.29, 1.82) is 0 Å². The van der Waals surface area contributed by atoms with Crippen LogP contribution in [0.1, 0.15) is 50.2 Å². The SMILES string of the molecule is CCc1nn2c(=O)cc(CN3C[C@@H]4CCC[C@@](O)(CC)[C@@H]4C3)nc2s1. The van der Waals surface area contributed by atoms with Gasteiger partial charge in [-0.2, -0.15) is 9.61 Å². The molecule has 1 aliphatic heterocycles. The van der Waals surface area contributed by atoms with Gasteiger partial charge in [0.2, 0.25) is 4.96 Å². The van der Waals surface area contributed by atoms with Crippen molar-refractivity contribution in [2.45, 2.75) is 58.1 Å². The molecule has 1 N–H and O–H groups in total. The Morgan fingerprint density at radius 1 is 1.40 bits per heavy atom. The molecule has 2 aromatic heterocycles. The molecular formula is C18H26N4O2S. The number of aliphatic hydroxyl groups is 1. The third-order valence-electron chi connectivity index (χ3n) is 6.03. The average molecular weight is 362 g/mol.